The summed E-state index contributed by atoms with van der Waals surface area (Å²) in [5.74, 6) is 1.14. The highest BCUT2D eigenvalue weighted by Crippen LogP contribution is 2.40. The van der Waals surface area contributed by atoms with E-state index in [2.05, 4.69) is 4.98 Å². The van der Waals surface area contributed by atoms with Gasteiger partial charge in [-0.2, -0.15) is 0 Å². The average molecular weight is 397 g/mol. The fourth-order valence-electron chi connectivity index (χ4n) is 4.76. The van der Waals surface area contributed by atoms with Gasteiger partial charge in [-0.1, -0.05) is 24.3 Å². The number of likely N-dealkylation sites (tertiary alicyclic amines) is 1. The number of carbonyl (C=O) groups is 1. The summed E-state index contributed by atoms with van der Waals surface area (Å²) in [5, 5.41) is 0. The van der Waals surface area contributed by atoms with E-state index in [0.717, 1.165) is 53.0 Å². The summed E-state index contributed by atoms with van der Waals surface area (Å²) in [6.07, 6.45) is 6.14. The van der Waals surface area contributed by atoms with Gasteiger partial charge < -0.3 is 9.47 Å². The summed E-state index contributed by atoms with van der Waals surface area (Å²) in [6, 6.07) is 5.49. The molecule has 3 aromatic rings. The molecule has 2 aromatic heterocycles. The van der Waals surface area contributed by atoms with Gasteiger partial charge in [0.25, 0.3) is 0 Å². The molecule has 1 aromatic carbocycles. The van der Waals surface area contributed by atoms with Crippen molar-refractivity contribution in [3.05, 3.63) is 51.4 Å². The van der Waals surface area contributed by atoms with Gasteiger partial charge in [0, 0.05) is 48.6 Å². The standard InChI is InChI=1S/C22H23N3O2S/c1-3-21(26)25-11-15-6-14-9-23-10-18(17(14)7-16(15)12-25)13-4-5-19-20(8-13)28-22(27)24(19)2/h4-5,8-10,15-16H,3,6-7,11-12H2,1-2H3/t15-,16+/m1/s1/i2D3. The van der Waals surface area contributed by atoms with Crippen molar-refractivity contribution in [1.82, 2.24) is 14.5 Å². The molecule has 28 heavy (non-hydrogen) atoms. The van der Waals surface area contributed by atoms with Gasteiger partial charge in [0.15, 0.2) is 0 Å². The maximum Gasteiger partial charge on any atom is 0.307 e. The predicted molar refractivity (Wildman–Crippen MR) is 112 cm³/mol. The van der Waals surface area contributed by atoms with Crippen LogP contribution in [-0.2, 0) is 24.6 Å². The largest absolute Gasteiger partial charge is 0.342 e. The second-order valence-electron chi connectivity index (χ2n) is 7.79. The Bertz CT molecular complexity index is 1250. The molecule has 0 bridgehead atoms. The highest BCUT2D eigenvalue weighted by molar-refractivity contribution is 7.16. The van der Waals surface area contributed by atoms with Crippen molar-refractivity contribution in [2.45, 2.75) is 26.2 Å². The van der Waals surface area contributed by atoms with Crippen LogP contribution in [-0.4, -0.2) is 33.4 Å². The minimum Gasteiger partial charge on any atom is -0.342 e. The van der Waals surface area contributed by atoms with Crippen LogP contribution in [0, 0.1) is 11.8 Å². The molecule has 1 saturated heterocycles. The minimum absolute atomic E-state index is 0.218. The monoisotopic (exact) mass is 396 g/mol. The molecule has 1 fully saturated rings. The molecule has 0 radical (unpaired) electrons. The predicted octanol–water partition coefficient (Wildman–Crippen LogP) is 3.25. The topological polar surface area (TPSA) is 55.2 Å². The van der Waals surface area contributed by atoms with Gasteiger partial charge >= 0.3 is 4.87 Å². The summed E-state index contributed by atoms with van der Waals surface area (Å²) in [6.45, 7) is 1.04. The zero-order chi connectivity index (χ0) is 21.9. The number of amides is 1. The zero-order valence-electron chi connectivity index (χ0n) is 18.6. The van der Waals surface area contributed by atoms with Crippen molar-refractivity contribution in [3.63, 3.8) is 0 Å². The van der Waals surface area contributed by atoms with E-state index in [1.807, 2.05) is 36.4 Å². The number of thiazole rings is 1. The molecular weight excluding hydrogens is 370 g/mol. The third-order valence-corrected chi connectivity index (χ3v) is 7.12. The fourth-order valence-corrected chi connectivity index (χ4v) is 5.58. The van der Waals surface area contributed by atoms with Crippen molar-refractivity contribution < 1.29 is 8.91 Å². The van der Waals surface area contributed by atoms with Crippen LogP contribution in [0.3, 0.4) is 0 Å². The molecule has 2 atom stereocenters. The first-order valence-corrected chi connectivity index (χ1v) is 10.5. The summed E-state index contributed by atoms with van der Waals surface area (Å²) in [4.78, 5) is 30.5. The fraction of sp³-hybridized carbons (Fsp3) is 0.409. The molecule has 5 nitrogen and oxygen atoms in total. The first kappa shape index (κ1) is 14.5. The van der Waals surface area contributed by atoms with Gasteiger partial charge in [0.05, 0.1) is 10.2 Å². The number of hydrogen-bond acceptors (Lipinski definition) is 4. The Labute approximate surface area is 171 Å². The smallest absolute Gasteiger partial charge is 0.307 e. The number of aromatic nitrogens is 2. The maximum atomic E-state index is 12.3. The van der Waals surface area contributed by atoms with Crippen LogP contribution in [0.5, 0.6) is 0 Å². The molecule has 0 N–H and O–H groups in total. The van der Waals surface area contributed by atoms with Crippen molar-refractivity contribution in [2.24, 2.45) is 18.8 Å². The zero-order valence-corrected chi connectivity index (χ0v) is 16.5. The van der Waals surface area contributed by atoms with E-state index in [1.165, 1.54) is 11.1 Å². The van der Waals surface area contributed by atoms with Crippen LogP contribution in [0.25, 0.3) is 21.3 Å². The van der Waals surface area contributed by atoms with Crippen molar-refractivity contribution in [2.75, 3.05) is 13.1 Å². The number of pyridine rings is 1. The first-order chi connectivity index (χ1) is 14.8. The SMILES string of the molecule is [2H]C([2H])([2H])n1c(=O)sc2cc(-c3cncc4c3C[C@H]3CN(C(=O)CC)C[C@H]3C4)ccc21. The Hall–Kier alpha value is -2.47. The molecule has 144 valence electrons. The lowest BCUT2D eigenvalue weighted by Crippen LogP contribution is -2.28. The number of benzene rings is 1. The summed E-state index contributed by atoms with van der Waals surface area (Å²) < 4.78 is 24.5. The second kappa shape index (κ2) is 6.55. The summed E-state index contributed by atoms with van der Waals surface area (Å²) >= 11 is 0.956. The molecule has 1 amide bonds. The lowest BCUT2D eigenvalue weighted by molar-refractivity contribution is -0.130. The molecule has 5 rings (SSSR count). The normalized spacial score (nSPS) is 23.0. The van der Waals surface area contributed by atoms with Crippen molar-refractivity contribution in [3.8, 4) is 11.1 Å². The van der Waals surface area contributed by atoms with Gasteiger partial charge in [-0.25, -0.2) is 0 Å². The van der Waals surface area contributed by atoms with Crippen LogP contribution in [0.4, 0.5) is 0 Å². The van der Waals surface area contributed by atoms with E-state index in [9.17, 15) is 9.59 Å². The van der Waals surface area contributed by atoms with Crippen LogP contribution >= 0.6 is 11.3 Å². The third kappa shape index (κ3) is 2.70. The number of nitrogens with zero attached hydrogens (tertiary/aromatic N) is 3. The molecule has 0 spiro atoms. The summed E-state index contributed by atoms with van der Waals surface area (Å²) in [7, 11) is 0. The number of hydrogen-bond donors (Lipinski definition) is 0. The van der Waals surface area contributed by atoms with Gasteiger partial charge in [-0.15, -0.1) is 0 Å². The third-order valence-electron chi connectivity index (χ3n) is 6.22. The van der Waals surface area contributed by atoms with E-state index in [1.54, 1.807) is 6.07 Å². The molecule has 3 heterocycles. The van der Waals surface area contributed by atoms with Crippen molar-refractivity contribution in [1.29, 1.82) is 0 Å². The molecule has 0 saturated carbocycles. The molecule has 1 aliphatic heterocycles. The Balaban J connectivity index is 1.53. The highest BCUT2D eigenvalue weighted by Gasteiger charge is 2.38. The van der Waals surface area contributed by atoms with Crippen LogP contribution in [0.2, 0.25) is 0 Å². The highest BCUT2D eigenvalue weighted by atomic mass is 32.1. The average Bonchev–Trinajstić information content (AvgIpc) is 3.29. The van der Waals surface area contributed by atoms with Crippen LogP contribution in [0.1, 0.15) is 28.6 Å². The molecular formula is C22H23N3O2S. The number of rotatable bonds is 2. The Kier molecular flexibility index (Phi) is 3.40. The Morgan fingerprint density at radius 2 is 2.11 bits per heavy atom. The number of carbonyl (C=O) groups excluding carboxylic acids is 1. The maximum absolute atomic E-state index is 12.3. The first-order valence-electron chi connectivity index (χ1n) is 11.2. The van der Waals surface area contributed by atoms with E-state index in [0.29, 0.717) is 28.5 Å². The van der Waals surface area contributed by atoms with Gasteiger partial charge in [-0.05, 0) is 53.5 Å². The molecule has 1 aliphatic carbocycles. The van der Waals surface area contributed by atoms with E-state index < -0.39 is 11.8 Å². The van der Waals surface area contributed by atoms with E-state index in [-0.39, 0.29) is 5.91 Å². The van der Waals surface area contributed by atoms with Gasteiger partial charge in [0.1, 0.15) is 0 Å². The quantitative estimate of drug-likeness (QED) is 0.668. The lowest BCUT2D eigenvalue weighted by Gasteiger charge is -2.28. The van der Waals surface area contributed by atoms with E-state index >= 15 is 0 Å². The lowest BCUT2D eigenvalue weighted by atomic mass is 9.76. The van der Waals surface area contributed by atoms with Crippen LogP contribution < -0.4 is 4.87 Å². The van der Waals surface area contributed by atoms with Gasteiger partial charge in [-0.3, -0.25) is 14.6 Å². The van der Waals surface area contributed by atoms with Crippen LogP contribution in [0.15, 0.2) is 35.4 Å². The summed E-state index contributed by atoms with van der Waals surface area (Å²) in [5.41, 5.74) is 4.87. The van der Waals surface area contributed by atoms with E-state index in [4.69, 9.17) is 4.11 Å². The second-order valence-corrected chi connectivity index (χ2v) is 8.78. The molecule has 0 unspecified atom stereocenters. The minimum atomic E-state index is -2.50. The Morgan fingerprint density at radius 1 is 1.29 bits per heavy atom. The number of aryl methyl sites for hydroxylation is 1. The molecule has 2 aliphatic rings. The van der Waals surface area contributed by atoms with Crippen molar-refractivity contribution >= 4 is 27.5 Å². The molecule has 6 heteroatoms. The Morgan fingerprint density at radius 3 is 2.89 bits per heavy atom. The number of fused-ring (bicyclic) bond motifs is 3. The van der Waals surface area contributed by atoms with Gasteiger partial charge in [0.2, 0.25) is 5.91 Å².